The number of hydrogen-bond donors (Lipinski definition) is 2. The first-order chi connectivity index (χ1) is 7.22. The number of rotatable bonds is 2. The molecule has 78 valence electrons. The maximum absolute atomic E-state index is 11.4. The first-order valence-electron chi connectivity index (χ1n) is 4.54. The number of para-hydroxylation sites is 1. The van der Waals surface area contributed by atoms with E-state index in [2.05, 4.69) is 0 Å². The molecule has 0 aliphatic rings. The van der Waals surface area contributed by atoms with Crippen molar-refractivity contribution in [2.45, 2.75) is 6.10 Å². The van der Waals surface area contributed by atoms with Crippen LogP contribution in [0.25, 0.3) is 11.0 Å². The molecule has 15 heavy (non-hydrogen) atoms. The van der Waals surface area contributed by atoms with Crippen LogP contribution in [0.3, 0.4) is 0 Å². The fraction of sp³-hybridized carbons (Fsp3) is 0.182. The summed E-state index contributed by atoms with van der Waals surface area (Å²) in [6, 6.07) is 8.53. The lowest BCUT2D eigenvalue weighted by Gasteiger charge is -2.06. The molecular formula is C11H10O4. The van der Waals surface area contributed by atoms with Crippen molar-refractivity contribution in [3.8, 4) is 0 Å². The first kappa shape index (κ1) is 9.89. The molecule has 1 heterocycles. The van der Waals surface area contributed by atoms with Crippen LogP contribution in [0, 0.1) is 0 Å². The predicted octanol–water partition coefficient (Wildman–Crippen LogP) is 0.819. The van der Waals surface area contributed by atoms with Gasteiger partial charge in [0.2, 0.25) is 0 Å². The Morgan fingerprint density at radius 3 is 2.80 bits per heavy atom. The Morgan fingerprint density at radius 2 is 2.07 bits per heavy atom. The zero-order valence-corrected chi connectivity index (χ0v) is 7.88. The quantitative estimate of drug-likeness (QED) is 0.713. The van der Waals surface area contributed by atoms with Crippen LogP contribution in [-0.4, -0.2) is 16.8 Å². The highest BCUT2D eigenvalue weighted by molar-refractivity contribution is 5.76. The van der Waals surface area contributed by atoms with Gasteiger partial charge >= 0.3 is 5.63 Å². The molecule has 4 nitrogen and oxygen atoms in total. The van der Waals surface area contributed by atoms with Gasteiger partial charge in [0.1, 0.15) is 11.7 Å². The molecule has 1 unspecified atom stereocenters. The van der Waals surface area contributed by atoms with Gasteiger partial charge in [-0.2, -0.15) is 0 Å². The van der Waals surface area contributed by atoms with Gasteiger partial charge in [-0.1, -0.05) is 18.2 Å². The van der Waals surface area contributed by atoms with Gasteiger partial charge in [0.25, 0.3) is 0 Å². The minimum atomic E-state index is -1.19. The van der Waals surface area contributed by atoms with Crippen molar-refractivity contribution in [1.29, 1.82) is 0 Å². The molecule has 0 spiro atoms. The molecule has 0 aliphatic heterocycles. The average molecular weight is 206 g/mol. The Bertz CT molecular complexity index is 529. The summed E-state index contributed by atoms with van der Waals surface area (Å²) in [5.41, 5.74) is -0.0668. The van der Waals surface area contributed by atoms with Crippen molar-refractivity contribution >= 4 is 11.0 Å². The van der Waals surface area contributed by atoms with Crippen molar-refractivity contribution < 1.29 is 14.6 Å². The minimum Gasteiger partial charge on any atom is -0.422 e. The maximum atomic E-state index is 11.4. The highest BCUT2D eigenvalue weighted by Gasteiger charge is 2.12. The summed E-state index contributed by atoms with van der Waals surface area (Å²) in [5.74, 6) is 0. The van der Waals surface area contributed by atoms with E-state index in [1.165, 1.54) is 6.07 Å². The minimum absolute atomic E-state index is 0.0798. The third-order valence-corrected chi connectivity index (χ3v) is 2.20. The van der Waals surface area contributed by atoms with E-state index >= 15 is 0 Å². The van der Waals surface area contributed by atoms with Crippen molar-refractivity contribution in [1.82, 2.24) is 0 Å². The highest BCUT2D eigenvalue weighted by atomic mass is 16.4. The molecule has 4 heteroatoms. The normalized spacial score (nSPS) is 12.9. The fourth-order valence-electron chi connectivity index (χ4n) is 1.41. The molecule has 1 aromatic heterocycles. The van der Waals surface area contributed by atoms with Crippen LogP contribution in [0.4, 0.5) is 0 Å². The molecule has 2 N–H and O–H groups in total. The molecule has 2 aromatic rings. The molecule has 0 radical (unpaired) electrons. The number of fused-ring (bicyclic) bond motifs is 1. The van der Waals surface area contributed by atoms with Crippen LogP contribution in [0.2, 0.25) is 0 Å². The Morgan fingerprint density at radius 1 is 1.33 bits per heavy atom. The van der Waals surface area contributed by atoms with E-state index in [9.17, 15) is 9.90 Å². The van der Waals surface area contributed by atoms with E-state index in [1.54, 1.807) is 24.3 Å². The van der Waals surface area contributed by atoms with Crippen molar-refractivity contribution in [2.75, 3.05) is 6.61 Å². The average Bonchev–Trinajstić information content (AvgIpc) is 2.27. The molecule has 0 fully saturated rings. The van der Waals surface area contributed by atoms with Crippen molar-refractivity contribution in [3.63, 3.8) is 0 Å². The van der Waals surface area contributed by atoms with Crippen LogP contribution in [0.1, 0.15) is 11.7 Å². The second kappa shape index (κ2) is 3.84. The predicted molar refractivity (Wildman–Crippen MR) is 54.5 cm³/mol. The molecule has 0 bridgehead atoms. The summed E-state index contributed by atoms with van der Waals surface area (Å²) in [6.45, 7) is -0.497. The van der Waals surface area contributed by atoms with Gasteiger partial charge in [0.15, 0.2) is 0 Å². The molecule has 2 rings (SSSR count). The molecular weight excluding hydrogens is 196 g/mol. The third-order valence-electron chi connectivity index (χ3n) is 2.20. The Balaban J connectivity index is 2.67. The van der Waals surface area contributed by atoms with Gasteiger partial charge in [-0.05, 0) is 12.1 Å². The molecule has 0 saturated carbocycles. The van der Waals surface area contributed by atoms with Crippen LogP contribution >= 0.6 is 0 Å². The fourth-order valence-corrected chi connectivity index (χ4v) is 1.41. The topological polar surface area (TPSA) is 70.7 Å². The van der Waals surface area contributed by atoms with Crippen LogP contribution in [0.15, 0.2) is 39.5 Å². The number of benzene rings is 1. The summed E-state index contributed by atoms with van der Waals surface area (Å²) >= 11 is 0. The summed E-state index contributed by atoms with van der Waals surface area (Å²) in [5, 5.41) is 18.8. The van der Waals surface area contributed by atoms with Crippen molar-refractivity contribution in [2.24, 2.45) is 0 Å². The Hall–Kier alpha value is -1.65. The standard InChI is InChI=1S/C11H10O4/c12-6-9(13)8-5-7-3-1-2-4-10(7)15-11(8)14/h1-5,9,12-13H,6H2. The van der Waals surface area contributed by atoms with E-state index in [0.29, 0.717) is 5.58 Å². The van der Waals surface area contributed by atoms with E-state index < -0.39 is 18.3 Å². The van der Waals surface area contributed by atoms with Crippen LogP contribution < -0.4 is 5.63 Å². The Kier molecular flexibility index (Phi) is 2.53. The highest BCUT2D eigenvalue weighted by Crippen LogP contribution is 2.16. The maximum Gasteiger partial charge on any atom is 0.342 e. The molecule has 1 atom stereocenters. The zero-order chi connectivity index (χ0) is 10.8. The van der Waals surface area contributed by atoms with E-state index in [-0.39, 0.29) is 5.56 Å². The smallest absolute Gasteiger partial charge is 0.342 e. The van der Waals surface area contributed by atoms with Gasteiger partial charge in [-0.3, -0.25) is 0 Å². The summed E-state index contributed by atoms with van der Waals surface area (Å²) in [4.78, 5) is 11.4. The first-order valence-corrected chi connectivity index (χ1v) is 4.54. The largest absolute Gasteiger partial charge is 0.422 e. The van der Waals surface area contributed by atoms with Crippen LogP contribution in [-0.2, 0) is 0 Å². The summed E-state index contributed by atoms with van der Waals surface area (Å²) in [6.07, 6.45) is -1.19. The number of aliphatic hydroxyl groups excluding tert-OH is 2. The van der Waals surface area contributed by atoms with Crippen LogP contribution in [0.5, 0.6) is 0 Å². The molecule has 0 aliphatic carbocycles. The number of hydrogen-bond acceptors (Lipinski definition) is 4. The second-order valence-corrected chi connectivity index (χ2v) is 3.23. The lowest BCUT2D eigenvalue weighted by molar-refractivity contribution is 0.0930. The number of aliphatic hydroxyl groups is 2. The molecule has 0 saturated heterocycles. The van der Waals surface area contributed by atoms with Gasteiger partial charge in [-0.25, -0.2) is 4.79 Å². The van der Waals surface area contributed by atoms with Crippen molar-refractivity contribution in [3.05, 3.63) is 46.3 Å². The van der Waals surface area contributed by atoms with Gasteiger partial charge in [-0.15, -0.1) is 0 Å². The Labute approximate surface area is 85.4 Å². The second-order valence-electron chi connectivity index (χ2n) is 3.23. The molecule has 1 aromatic carbocycles. The monoisotopic (exact) mass is 206 g/mol. The lowest BCUT2D eigenvalue weighted by atomic mass is 10.1. The summed E-state index contributed by atoms with van der Waals surface area (Å²) < 4.78 is 4.99. The van der Waals surface area contributed by atoms with E-state index in [4.69, 9.17) is 9.52 Å². The van der Waals surface area contributed by atoms with Gasteiger partial charge in [0, 0.05) is 5.39 Å². The lowest BCUT2D eigenvalue weighted by Crippen LogP contribution is -2.14. The summed E-state index contributed by atoms with van der Waals surface area (Å²) in [7, 11) is 0. The van der Waals surface area contributed by atoms with E-state index in [0.717, 1.165) is 5.39 Å². The third kappa shape index (κ3) is 1.77. The van der Waals surface area contributed by atoms with Gasteiger partial charge < -0.3 is 14.6 Å². The SMILES string of the molecule is O=c1oc2ccccc2cc1C(O)CO. The molecule has 0 amide bonds. The van der Waals surface area contributed by atoms with Gasteiger partial charge in [0.05, 0.1) is 12.2 Å². The zero-order valence-electron chi connectivity index (χ0n) is 7.88. The van der Waals surface area contributed by atoms with E-state index in [1.807, 2.05) is 0 Å².